The van der Waals surface area contributed by atoms with E-state index in [0.717, 1.165) is 25.7 Å². The van der Waals surface area contributed by atoms with Crippen LogP contribution >= 0.6 is 11.8 Å². The zero-order valence-electron chi connectivity index (χ0n) is 21.7. The molecule has 1 saturated carbocycles. The number of aromatic nitrogens is 4. The minimum Gasteiger partial charge on any atom is -0.477 e. The SMILES string of the molecule is C[C@@H](CC(=O)Cn1cnnn1)[C@H]1C(=O)N2C(C(=O)O)=C(S[C@@H]3CN[C@H](CC(=O)C4CC[C@@H](N)C4)C3)[C@H](C)[C@H]12. The Labute approximate surface area is 225 Å². The molecule has 3 fully saturated rings. The van der Waals surface area contributed by atoms with Crippen LogP contribution in [0.2, 0.25) is 0 Å². The fourth-order valence-electron chi connectivity index (χ4n) is 6.68. The quantitative estimate of drug-likeness (QED) is 0.332. The van der Waals surface area contributed by atoms with Crippen molar-refractivity contribution in [3.63, 3.8) is 0 Å². The van der Waals surface area contributed by atoms with Gasteiger partial charge in [-0.25, -0.2) is 9.48 Å². The van der Waals surface area contributed by atoms with Gasteiger partial charge in [0.15, 0.2) is 5.78 Å². The molecule has 4 aliphatic rings. The molecule has 0 radical (unpaired) electrons. The van der Waals surface area contributed by atoms with Gasteiger partial charge in [-0.1, -0.05) is 13.8 Å². The molecule has 1 aliphatic carbocycles. The maximum Gasteiger partial charge on any atom is 0.353 e. The fourth-order valence-corrected chi connectivity index (χ4v) is 8.19. The highest BCUT2D eigenvalue weighted by Crippen LogP contribution is 2.53. The van der Waals surface area contributed by atoms with Gasteiger partial charge in [-0.05, 0) is 42.0 Å². The first-order chi connectivity index (χ1) is 18.1. The average Bonchev–Trinajstić information content (AvgIpc) is 3.64. The molecular formula is C25H35N7O5S. The van der Waals surface area contributed by atoms with E-state index in [-0.39, 0.29) is 77.3 Å². The van der Waals surface area contributed by atoms with Crippen LogP contribution in [0.1, 0.15) is 52.4 Å². The predicted molar refractivity (Wildman–Crippen MR) is 137 cm³/mol. The number of aliphatic carboxylic acids is 1. The summed E-state index contributed by atoms with van der Waals surface area (Å²) < 4.78 is 1.35. The summed E-state index contributed by atoms with van der Waals surface area (Å²) in [5.41, 5.74) is 6.04. The number of rotatable bonds is 11. The van der Waals surface area contributed by atoms with Crippen LogP contribution in [0.5, 0.6) is 0 Å². The Morgan fingerprint density at radius 3 is 2.74 bits per heavy atom. The molecule has 1 aromatic heterocycles. The van der Waals surface area contributed by atoms with Crippen LogP contribution in [0.3, 0.4) is 0 Å². The summed E-state index contributed by atoms with van der Waals surface area (Å²) in [6, 6.07) is -0.0805. The smallest absolute Gasteiger partial charge is 0.353 e. The van der Waals surface area contributed by atoms with Crippen molar-refractivity contribution in [1.82, 2.24) is 30.4 Å². The molecule has 12 nitrogen and oxygen atoms in total. The molecule has 13 heteroatoms. The molecule has 1 aromatic rings. The van der Waals surface area contributed by atoms with Gasteiger partial charge in [-0.3, -0.25) is 14.4 Å². The fraction of sp³-hybridized carbons (Fsp3) is 0.720. The molecule has 38 heavy (non-hydrogen) atoms. The zero-order valence-corrected chi connectivity index (χ0v) is 22.5. The van der Waals surface area contributed by atoms with Gasteiger partial charge in [0, 0.05) is 53.5 Å². The number of hydrogen-bond donors (Lipinski definition) is 3. The van der Waals surface area contributed by atoms with Crippen molar-refractivity contribution in [2.24, 2.45) is 29.4 Å². The van der Waals surface area contributed by atoms with Crippen molar-refractivity contribution in [2.45, 2.75) is 82.3 Å². The van der Waals surface area contributed by atoms with E-state index in [1.165, 1.54) is 27.7 Å². The third kappa shape index (κ3) is 5.15. The van der Waals surface area contributed by atoms with Gasteiger partial charge in [0.05, 0.1) is 12.0 Å². The third-order valence-electron chi connectivity index (χ3n) is 8.54. The summed E-state index contributed by atoms with van der Waals surface area (Å²) in [6.07, 6.45) is 5.33. The molecule has 8 atom stereocenters. The number of carbonyl (C=O) groups excluding carboxylic acids is 3. The normalized spacial score (nSPS) is 33.4. The van der Waals surface area contributed by atoms with E-state index >= 15 is 0 Å². The molecule has 206 valence electrons. The first kappa shape index (κ1) is 26.9. The number of nitrogens with two attached hydrogens (primary N) is 1. The second-order valence-corrected chi connectivity index (χ2v) is 12.6. The second-order valence-electron chi connectivity index (χ2n) is 11.3. The highest BCUT2D eigenvalue weighted by atomic mass is 32.2. The van der Waals surface area contributed by atoms with Crippen LogP contribution in [0.15, 0.2) is 16.9 Å². The molecule has 2 saturated heterocycles. The van der Waals surface area contributed by atoms with Crippen molar-refractivity contribution in [3.8, 4) is 0 Å². The summed E-state index contributed by atoms with van der Waals surface area (Å²) in [7, 11) is 0. The number of fused-ring (bicyclic) bond motifs is 1. The first-order valence-electron chi connectivity index (χ1n) is 13.3. The average molecular weight is 546 g/mol. The third-order valence-corrected chi connectivity index (χ3v) is 10.0. The highest BCUT2D eigenvalue weighted by Gasteiger charge is 2.60. The number of nitrogens with zero attached hydrogens (tertiary/aromatic N) is 5. The van der Waals surface area contributed by atoms with Crippen molar-refractivity contribution in [3.05, 3.63) is 16.9 Å². The van der Waals surface area contributed by atoms with Gasteiger partial charge in [0.1, 0.15) is 24.4 Å². The summed E-state index contributed by atoms with van der Waals surface area (Å²) >= 11 is 1.52. The van der Waals surface area contributed by atoms with E-state index in [0.29, 0.717) is 17.9 Å². The Morgan fingerprint density at radius 1 is 1.29 bits per heavy atom. The number of tetrazole rings is 1. The number of hydrogen-bond acceptors (Lipinski definition) is 10. The standard InChI is InChI=1S/C25H35N7O5S/c1-12(5-17(33)10-31-11-28-29-30-31)20-21-13(2)23(22(25(36)37)32(21)24(20)35)38-18-7-16(27-9-18)8-19(34)14-3-4-15(26)6-14/h11-16,18,20-21,27H,3-10,26H2,1-2H3,(H,36,37)/t12-,13+,14?,15+,16-,18-,20+,21+/m0/s1. The van der Waals surface area contributed by atoms with Crippen molar-refractivity contribution >= 4 is 35.2 Å². The number of carbonyl (C=O) groups is 4. The van der Waals surface area contributed by atoms with E-state index in [2.05, 4.69) is 20.8 Å². The van der Waals surface area contributed by atoms with Crippen LogP contribution in [-0.2, 0) is 25.7 Å². The Bertz CT molecular complexity index is 1140. The lowest BCUT2D eigenvalue weighted by Gasteiger charge is -2.47. The molecule has 4 heterocycles. The lowest BCUT2D eigenvalue weighted by atomic mass is 9.73. The van der Waals surface area contributed by atoms with Gasteiger partial charge in [-0.2, -0.15) is 0 Å². The largest absolute Gasteiger partial charge is 0.477 e. The zero-order chi connectivity index (χ0) is 27.1. The number of ketones is 2. The molecule has 3 aliphatic heterocycles. The summed E-state index contributed by atoms with van der Waals surface area (Å²) in [5.74, 6) is -1.90. The Balaban J connectivity index is 1.20. The molecule has 5 rings (SSSR count). The Kier molecular flexibility index (Phi) is 7.70. The summed E-state index contributed by atoms with van der Waals surface area (Å²) in [5, 5.41) is 24.4. The number of thioether (sulfide) groups is 1. The number of β-lactam (4-membered cyclic amide) rings is 1. The van der Waals surface area contributed by atoms with Gasteiger partial charge in [0.2, 0.25) is 5.91 Å². The predicted octanol–water partition coefficient (Wildman–Crippen LogP) is 0.592. The lowest BCUT2D eigenvalue weighted by Crippen LogP contribution is -2.62. The van der Waals surface area contributed by atoms with E-state index in [4.69, 9.17) is 5.73 Å². The number of amides is 1. The minimum absolute atomic E-state index is 0.0355. The second kappa shape index (κ2) is 10.9. The Hall–Kier alpha value is -2.64. The number of nitrogens with one attached hydrogen (secondary N) is 1. The minimum atomic E-state index is -1.11. The molecule has 4 N–H and O–H groups in total. The van der Waals surface area contributed by atoms with Crippen LogP contribution < -0.4 is 11.1 Å². The van der Waals surface area contributed by atoms with E-state index in [9.17, 15) is 24.3 Å². The van der Waals surface area contributed by atoms with E-state index < -0.39 is 11.9 Å². The van der Waals surface area contributed by atoms with Crippen molar-refractivity contribution < 1.29 is 24.3 Å². The molecule has 0 bridgehead atoms. The maximum atomic E-state index is 13.2. The van der Waals surface area contributed by atoms with Gasteiger partial charge >= 0.3 is 5.97 Å². The van der Waals surface area contributed by atoms with Crippen LogP contribution in [-0.4, -0.2) is 83.6 Å². The molecule has 0 aromatic carbocycles. The molecule has 1 amide bonds. The number of carboxylic acids is 1. The van der Waals surface area contributed by atoms with Gasteiger partial charge < -0.3 is 21.1 Å². The molecular weight excluding hydrogens is 510 g/mol. The van der Waals surface area contributed by atoms with E-state index in [1.807, 2.05) is 13.8 Å². The van der Waals surface area contributed by atoms with Crippen LogP contribution in [0.25, 0.3) is 0 Å². The van der Waals surface area contributed by atoms with Crippen molar-refractivity contribution in [2.75, 3.05) is 6.54 Å². The van der Waals surface area contributed by atoms with Crippen LogP contribution in [0.4, 0.5) is 0 Å². The molecule has 1 unspecified atom stereocenters. The highest BCUT2D eigenvalue weighted by molar-refractivity contribution is 8.03. The van der Waals surface area contributed by atoms with Crippen LogP contribution in [0, 0.1) is 23.7 Å². The lowest BCUT2D eigenvalue weighted by molar-refractivity contribution is -0.160. The monoisotopic (exact) mass is 545 g/mol. The Morgan fingerprint density at radius 2 is 2.08 bits per heavy atom. The van der Waals surface area contributed by atoms with E-state index in [1.54, 1.807) is 0 Å². The topological polar surface area (TPSA) is 173 Å². The molecule has 0 spiro atoms. The van der Waals surface area contributed by atoms with Gasteiger partial charge in [-0.15, -0.1) is 16.9 Å². The maximum absolute atomic E-state index is 13.2. The number of carboxylic acid groups (broad SMARTS) is 1. The number of Topliss-reactive ketones (excluding diaryl/α,β-unsaturated/α-hetero) is 2. The summed E-state index contributed by atoms with van der Waals surface area (Å²) in [4.78, 5) is 52.8. The summed E-state index contributed by atoms with van der Waals surface area (Å²) in [6.45, 7) is 4.56. The van der Waals surface area contributed by atoms with Gasteiger partial charge in [0.25, 0.3) is 0 Å². The van der Waals surface area contributed by atoms with Crippen molar-refractivity contribution in [1.29, 1.82) is 0 Å². The first-order valence-corrected chi connectivity index (χ1v) is 14.2.